The Bertz CT molecular complexity index is 2440. The van der Waals surface area contributed by atoms with Crippen LogP contribution in [0.1, 0.15) is 76.8 Å². The van der Waals surface area contributed by atoms with Crippen molar-refractivity contribution in [2.24, 2.45) is 11.3 Å². The number of rotatable bonds is 9. The van der Waals surface area contributed by atoms with Gasteiger partial charge in [-0.2, -0.15) is 0 Å². The number of benzene rings is 1. The first-order chi connectivity index (χ1) is 31.0. The van der Waals surface area contributed by atoms with Gasteiger partial charge in [0.15, 0.2) is 0 Å². The average molecular weight is 910 g/mol. The van der Waals surface area contributed by atoms with Crippen LogP contribution in [0.2, 0.25) is 0 Å². The number of likely N-dealkylation sites (N-methyl/N-ethyl adjacent to an activating group) is 1. The van der Waals surface area contributed by atoms with Crippen LogP contribution in [0.3, 0.4) is 0 Å². The van der Waals surface area contributed by atoms with Gasteiger partial charge in [-0.15, -0.1) is 11.3 Å². The number of nitrogens with one attached hydrogen (secondary N) is 2. The molecule has 7 rings (SSSR count). The maximum atomic E-state index is 14.6. The van der Waals surface area contributed by atoms with E-state index < -0.39 is 41.3 Å². The molecule has 3 aliphatic rings. The van der Waals surface area contributed by atoms with Gasteiger partial charge in [0.05, 0.1) is 34.8 Å². The van der Waals surface area contributed by atoms with E-state index in [-0.39, 0.29) is 37.0 Å². The number of hydrogen-bond donors (Lipinski definition) is 2. The molecule has 2 fully saturated rings. The number of urea groups is 1. The van der Waals surface area contributed by atoms with Crippen molar-refractivity contribution in [2.75, 3.05) is 53.5 Å². The molecule has 3 aliphatic heterocycles. The lowest BCUT2D eigenvalue weighted by molar-refractivity contribution is -0.155. The summed E-state index contributed by atoms with van der Waals surface area (Å²) in [6, 6.07) is 7.25. The first kappa shape index (κ1) is 47.3. The summed E-state index contributed by atoms with van der Waals surface area (Å²) in [4.78, 5) is 83.5. The zero-order chi connectivity index (χ0) is 46.7. The molecule has 1 aromatic carbocycles. The third kappa shape index (κ3) is 9.97. The molecule has 348 valence electrons. The summed E-state index contributed by atoms with van der Waals surface area (Å²) < 4.78 is 14.2. The van der Waals surface area contributed by atoms with Crippen molar-refractivity contribution < 1.29 is 33.4 Å². The van der Waals surface area contributed by atoms with Gasteiger partial charge in [0.25, 0.3) is 5.91 Å². The van der Waals surface area contributed by atoms with E-state index in [2.05, 4.69) is 66.9 Å². The van der Waals surface area contributed by atoms with Crippen LogP contribution in [0.4, 0.5) is 4.79 Å². The Morgan fingerprint density at radius 3 is 2.54 bits per heavy atom. The van der Waals surface area contributed by atoms with Crippen molar-refractivity contribution >= 4 is 52.0 Å². The molecule has 0 saturated carbocycles. The first-order valence-electron chi connectivity index (χ1n) is 22.6. The van der Waals surface area contributed by atoms with E-state index in [9.17, 15) is 24.0 Å². The molecular formula is C48H63N9O7S. The number of methoxy groups -OCH3 is 1. The molecule has 17 heteroatoms. The standard InChI is InChI=1S/C48H63N9O7S/c1-10-40(58)54-20-22-55(23-21-54)47(62)53(8)42(29(3)4)44(59)51-36-25-39-50-37(27-65-39)31-16-17-38-33(24-31)34(43(56(38)11-2)32-14-12-18-49-41(32)30(5)63-9)26-48(6,7)28-64-46(61)35-15-13-19-57(52-35)45(36)60/h10,12,14,16-18,24,27,29-30,35-36,42,52H,1,11,13,15,19-23,25-26,28H2,2-9H3,(H,51,59)/t30-,35-,36?,42-/m0/s1. The molecule has 4 aromatic rings. The minimum absolute atomic E-state index is 0.0732. The van der Waals surface area contributed by atoms with Crippen molar-refractivity contribution in [2.45, 2.75) is 98.0 Å². The van der Waals surface area contributed by atoms with Crippen LogP contribution in [0, 0.1) is 11.3 Å². The molecule has 4 atom stereocenters. The van der Waals surface area contributed by atoms with Gasteiger partial charge in [-0.05, 0) is 74.9 Å². The lowest BCUT2D eigenvalue weighted by atomic mass is 9.84. The number of pyridine rings is 1. The molecule has 0 spiro atoms. The van der Waals surface area contributed by atoms with Crippen LogP contribution in [-0.4, -0.2) is 136 Å². The van der Waals surface area contributed by atoms with Crippen molar-refractivity contribution in [3.63, 3.8) is 0 Å². The monoisotopic (exact) mass is 909 g/mol. The van der Waals surface area contributed by atoms with Crippen molar-refractivity contribution in [3.05, 3.63) is 70.8 Å². The zero-order valence-corrected chi connectivity index (χ0v) is 39.7. The predicted molar refractivity (Wildman–Crippen MR) is 249 cm³/mol. The fourth-order valence-corrected chi connectivity index (χ4v) is 10.2. The van der Waals surface area contributed by atoms with E-state index in [0.29, 0.717) is 63.5 Å². The Kier molecular flexibility index (Phi) is 14.4. The number of hydrazine groups is 1. The number of amides is 5. The number of esters is 1. The quantitative estimate of drug-likeness (QED) is 0.159. The molecule has 16 nitrogen and oxygen atoms in total. The van der Waals surface area contributed by atoms with E-state index in [1.807, 2.05) is 32.2 Å². The second kappa shape index (κ2) is 19.8. The van der Waals surface area contributed by atoms with Crippen LogP contribution in [-0.2, 0) is 48.0 Å². The Morgan fingerprint density at radius 1 is 1.11 bits per heavy atom. The number of ether oxygens (including phenoxy) is 2. The fourth-order valence-electron chi connectivity index (χ4n) is 9.34. The summed E-state index contributed by atoms with van der Waals surface area (Å²) in [6.07, 6.45) is 4.44. The van der Waals surface area contributed by atoms with Crippen LogP contribution in [0.5, 0.6) is 0 Å². The summed E-state index contributed by atoms with van der Waals surface area (Å²) in [5.74, 6) is -1.89. The highest BCUT2D eigenvalue weighted by Gasteiger charge is 2.39. The number of aromatic nitrogens is 3. The fraction of sp³-hybridized carbons (Fsp3) is 0.521. The lowest BCUT2D eigenvalue weighted by Crippen LogP contribution is -2.63. The van der Waals surface area contributed by atoms with Gasteiger partial charge in [-0.1, -0.05) is 40.3 Å². The lowest BCUT2D eigenvalue weighted by Gasteiger charge is -2.39. The summed E-state index contributed by atoms with van der Waals surface area (Å²) >= 11 is 1.40. The molecule has 2 saturated heterocycles. The van der Waals surface area contributed by atoms with E-state index in [1.165, 1.54) is 27.3 Å². The van der Waals surface area contributed by atoms with E-state index in [4.69, 9.17) is 19.4 Å². The SMILES string of the molecule is C=CC(=O)N1CCN(C(=O)N(C)[C@H](C(=O)NC2Cc3nc(cs3)-c3ccc4c(c3)c(c(-c3cccnc3[C@H](C)OC)n4CC)CC(C)(C)COC(=O)[C@@H]3CCCN(N3)C2=O)C(C)C)CC1. The van der Waals surface area contributed by atoms with Crippen molar-refractivity contribution in [3.8, 4) is 22.5 Å². The number of fused-ring (bicyclic) bond motifs is 6. The number of aryl methyl sites for hydroxylation is 1. The van der Waals surface area contributed by atoms with Crippen LogP contribution >= 0.6 is 11.3 Å². The molecule has 0 aliphatic carbocycles. The van der Waals surface area contributed by atoms with Crippen LogP contribution in [0.25, 0.3) is 33.4 Å². The van der Waals surface area contributed by atoms with Crippen molar-refractivity contribution in [1.29, 1.82) is 0 Å². The Hall–Kier alpha value is -5.65. The topological polar surface area (TPSA) is 172 Å². The Morgan fingerprint density at radius 2 is 1.85 bits per heavy atom. The number of nitrogens with zero attached hydrogens (tertiary/aromatic N) is 7. The Balaban J connectivity index is 1.25. The predicted octanol–water partition coefficient (Wildman–Crippen LogP) is 5.61. The highest BCUT2D eigenvalue weighted by molar-refractivity contribution is 7.10. The highest BCUT2D eigenvalue weighted by Crippen LogP contribution is 2.42. The molecule has 65 heavy (non-hydrogen) atoms. The second-order valence-corrected chi connectivity index (χ2v) is 19.3. The number of cyclic esters (lactones) is 1. The van der Waals surface area contributed by atoms with Crippen molar-refractivity contribution in [1.82, 2.24) is 45.0 Å². The van der Waals surface area contributed by atoms with Gasteiger partial charge in [0.1, 0.15) is 18.1 Å². The third-order valence-electron chi connectivity index (χ3n) is 12.8. The van der Waals surface area contributed by atoms with Gasteiger partial charge in [0.2, 0.25) is 11.8 Å². The normalized spacial score (nSPS) is 20.2. The number of hydrogen-bond acceptors (Lipinski definition) is 11. The molecular weight excluding hydrogens is 847 g/mol. The third-order valence-corrected chi connectivity index (χ3v) is 13.7. The van der Waals surface area contributed by atoms with E-state index >= 15 is 0 Å². The molecule has 2 N–H and O–H groups in total. The van der Waals surface area contributed by atoms with Gasteiger partial charge in [-0.3, -0.25) is 29.2 Å². The molecule has 5 amide bonds. The highest BCUT2D eigenvalue weighted by atomic mass is 32.1. The van der Waals surface area contributed by atoms with Crippen LogP contribution < -0.4 is 10.7 Å². The average Bonchev–Trinajstić information content (AvgIpc) is 3.90. The number of carbonyl (C=O) groups excluding carboxylic acids is 5. The largest absolute Gasteiger partial charge is 0.464 e. The van der Waals surface area contributed by atoms with E-state index in [0.717, 1.165) is 44.7 Å². The second-order valence-electron chi connectivity index (χ2n) is 18.4. The summed E-state index contributed by atoms with van der Waals surface area (Å²) in [5, 5.41) is 8.08. The number of thiazole rings is 1. The minimum Gasteiger partial charge on any atom is -0.464 e. The molecule has 6 bridgehead atoms. The van der Waals surface area contributed by atoms with Gasteiger partial charge in [-0.25, -0.2) is 15.2 Å². The van der Waals surface area contributed by atoms with Crippen LogP contribution in [0.15, 0.2) is 54.6 Å². The summed E-state index contributed by atoms with van der Waals surface area (Å²) in [7, 11) is 3.27. The minimum atomic E-state index is -1.09. The smallest absolute Gasteiger partial charge is 0.324 e. The summed E-state index contributed by atoms with van der Waals surface area (Å²) in [6.45, 7) is 18.0. The van der Waals surface area contributed by atoms with Gasteiger partial charge >= 0.3 is 12.0 Å². The maximum Gasteiger partial charge on any atom is 0.324 e. The molecule has 0 radical (unpaired) electrons. The number of carbonyl (C=O) groups is 5. The number of piperazine rings is 1. The Labute approximate surface area is 385 Å². The maximum absolute atomic E-state index is 14.6. The molecule has 3 aromatic heterocycles. The molecule has 6 heterocycles. The van der Waals surface area contributed by atoms with Gasteiger partial charge in [0, 0.05) is 98.9 Å². The zero-order valence-electron chi connectivity index (χ0n) is 38.9. The molecule has 1 unspecified atom stereocenters. The summed E-state index contributed by atoms with van der Waals surface area (Å²) in [5.41, 5.74) is 9.25. The van der Waals surface area contributed by atoms with Gasteiger partial charge < -0.3 is 34.1 Å². The first-order valence-corrected chi connectivity index (χ1v) is 23.5. The van der Waals surface area contributed by atoms with E-state index in [1.54, 1.807) is 30.2 Å².